The lowest BCUT2D eigenvalue weighted by molar-refractivity contribution is -0.121. The van der Waals surface area contributed by atoms with Crippen molar-refractivity contribution in [2.24, 2.45) is 7.05 Å². The zero-order valence-corrected chi connectivity index (χ0v) is 14.7. The van der Waals surface area contributed by atoms with Gasteiger partial charge in [0.2, 0.25) is 5.91 Å². The highest BCUT2D eigenvalue weighted by molar-refractivity contribution is 5.84. The summed E-state index contributed by atoms with van der Waals surface area (Å²) < 4.78 is 6.44. The molecule has 8 nitrogen and oxygen atoms in total. The largest absolute Gasteiger partial charge is 0.449 e. The fraction of sp³-hybridized carbons (Fsp3) is 0.500. The molecule has 130 valence electrons. The fourth-order valence-electron chi connectivity index (χ4n) is 2.82. The molecule has 0 unspecified atom stereocenters. The summed E-state index contributed by atoms with van der Waals surface area (Å²) in [6, 6.07) is 0. The second kappa shape index (κ2) is 7.29. The number of carbonyl (C=O) groups is 2. The third-order valence-electron chi connectivity index (χ3n) is 3.91. The third-order valence-corrected chi connectivity index (χ3v) is 3.91. The summed E-state index contributed by atoms with van der Waals surface area (Å²) in [5.74, 6) is -0.287. The van der Waals surface area contributed by atoms with Crippen LogP contribution in [0.15, 0.2) is 0 Å². The van der Waals surface area contributed by atoms with Crippen molar-refractivity contribution in [2.75, 3.05) is 6.61 Å². The van der Waals surface area contributed by atoms with Crippen molar-refractivity contribution in [2.45, 2.75) is 40.5 Å². The first-order valence-electron chi connectivity index (χ1n) is 7.86. The van der Waals surface area contributed by atoms with E-state index in [-0.39, 0.29) is 18.9 Å². The Morgan fingerprint density at radius 1 is 1.17 bits per heavy atom. The topological polar surface area (TPSA) is 98.1 Å². The summed E-state index contributed by atoms with van der Waals surface area (Å²) in [7, 11) is 1.87. The highest BCUT2D eigenvalue weighted by Gasteiger charge is 2.16. The van der Waals surface area contributed by atoms with Crippen molar-refractivity contribution in [3.05, 3.63) is 22.5 Å². The third kappa shape index (κ3) is 3.64. The van der Waals surface area contributed by atoms with Crippen molar-refractivity contribution >= 4 is 23.0 Å². The van der Waals surface area contributed by atoms with E-state index in [0.717, 1.165) is 33.5 Å². The summed E-state index contributed by atoms with van der Waals surface area (Å²) in [6.45, 7) is 7.84. The Morgan fingerprint density at radius 2 is 1.88 bits per heavy atom. The number of rotatable bonds is 4. The van der Waals surface area contributed by atoms with Gasteiger partial charge in [-0.05, 0) is 45.2 Å². The molecule has 0 saturated heterocycles. The van der Waals surface area contributed by atoms with Gasteiger partial charge < -0.3 is 4.74 Å². The van der Waals surface area contributed by atoms with E-state index >= 15 is 0 Å². The van der Waals surface area contributed by atoms with Crippen LogP contribution in [0.4, 0.5) is 4.79 Å². The minimum atomic E-state index is -0.674. The van der Waals surface area contributed by atoms with Crippen LogP contribution in [0.25, 0.3) is 11.0 Å². The zero-order chi connectivity index (χ0) is 17.9. The highest BCUT2D eigenvalue weighted by atomic mass is 16.5. The monoisotopic (exact) mass is 333 g/mol. The molecule has 0 saturated carbocycles. The van der Waals surface area contributed by atoms with Gasteiger partial charge in [0.05, 0.1) is 12.3 Å². The molecule has 2 aromatic heterocycles. The van der Waals surface area contributed by atoms with Crippen LogP contribution in [0, 0.1) is 20.8 Å². The Bertz CT molecular complexity index is 782. The van der Waals surface area contributed by atoms with Crippen LogP contribution in [-0.4, -0.2) is 33.4 Å². The molecule has 2 amide bonds. The first-order valence-corrected chi connectivity index (χ1v) is 7.86. The SMILES string of the molecule is CCOC(=O)NNC(=O)CCc1c(C)nc2c(c(C)nn2C)c1C. The number of pyridine rings is 1. The smallest absolute Gasteiger partial charge is 0.426 e. The van der Waals surface area contributed by atoms with Crippen LogP contribution in [0.3, 0.4) is 0 Å². The lowest BCUT2D eigenvalue weighted by Gasteiger charge is -2.11. The molecule has 24 heavy (non-hydrogen) atoms. The molecule has 0 aliphatic rings. The number of hydrazine groups is 1. The van der Waals surface area contributed by atoms with E-state index in [1.54, 1.807) is 11.6 Å². The maximum Gasteiger partial charge on any atom is 0.426 e. The molecule has 0 aliphatic heterocycles. The van der Waals surface area contributed by atoms with Gasteiger partial charge in [0.15, 0.2) is 5.65 Å². The molecule has 2 rings (SSSR count). The van der Waals surface area contributed by atoms with Crippen LogP contribution >= 0.6 is 0 Å². The Hall–Kier alpha value is -2.64. The first-order chi connectivity index (χ1) is 11.3. The van der Waals surface area contributed by atoms with Gasteiger partial charge in [-0.1, -0.05) is 0 Å². The van der Waals surface area contributed by atoms with E-state index in [4.69, 9.17) is 0 Å². The van der Waals surface area contributed by atoms with E-state index < -0.39 is 6.09 Å². The van der Waals surface area contributed by atoms with Crippen molar-refractivity contribution in [1.82, 2.24) is 25.6 Å². The van der Waals surface area contributed by atoms with Gasteiger partial charge in [-0.2, -0.15) is 5.10 Å². The summed E-state index contributed by atoms with van der Waals surface area (Å²) in [5, 5.41) is 5.44. The Kier molecular flexibility index (Phi) is 5.38. The van der Waals surface area contributed by atoms with Crippen LogP contribution in [0.5, 0.6) is 0 Å². The van der Waals surface area contributed by atoms with Gasteiger partial charge in [-0.3, -0.25) is 14.9 Å². The molecule has 2 N–H and O–H groups in total. The Morgan fingerprint density at radius 3 is 2.54 bits per heavy atom. The maximum absolute atomic E-state index is 11.9. The number of nitrogens with zero attached hydrogens (tertiary/aromatic N) is 3. The lowest BCUT2D eigenvalue weighted by Crippen LogP contribution is -2.42. The summed E-state index contributed by atoms with van der Waals surface area (Å²) in [6.07, 6.45) is 0.0959. The summed E-state index contributed by atoms with van der Waals surface area (Å²) in [4.78, 5) is 27.6. The molecule has 2 aromatic rings. The fourth-order valence-corrected chi connectivity index (χ4v) is 2.82. The van der Waals surface area contributed by atoms with Gasteiger partial charge in [0.1, 0.15) is 0 Å². The minimum Gasteiger partial charge on any atom is -0.449 e. The van der Waals surface area contributed by atoms with E-state index in [1.165, 1.54) is 0 Å². The number of amides is 2. The number of aromatic nitrogens is 3. The lowest BCUT2D eigenvalue weighted by atomic mass is 9.99. The molecule has 0 aromatic carbocycles. The van der Waals surface area contributed by atoms with Crippen molar-refractivity contribution in [1.29, 1.82) is 0 Å². The van der Waals surface area contributed by atoms with Crippen LogP contribution in [0.1, 0.15) is 35.9 Å². The van der Waals surface area contributed by atoms with Crippen molar-refractivity contribution in [3.8, 4) is 0 Å². The quantitative estimate of drug-likeness (QED) is 0.828. The summed E-state index contributed by atoms with van der Waals surface area (Å²) in [5.41, 5.74) is 9.31. The van der Waals surface area contributed by atoms with Crippen molar-refractivity contribution < 1.29 is 14.3 Å². The average molecular weight is 333 g/mol. The van der Waals surface area contributed by atoms with E-state index in [1.807, 2.05) is 27.8 Å². The van der Waals surface area contributed by atoms with Crippen molar-refractivity contribution in [3.63, 3.8) is 0 Å². The predicted molar refractivity (Wildman–Crippen MR) is 89.3 cm³/mol. The molecule has 2 heterocycles. The number of carbonyl (C=O) groups excluding carboxylic acids is 2. The standard InChI is InChI=1S/C16H23N5O3/c1-6-24-16(23)19-18-13(22)8-7-12-9(2)14-11(4)20-21(5)15(14)17-10(12)3/h6-8H2,1-5H3,(H,18,22)(H,19,23). The Balaban J connectivity index is 2.09. The van der Waals surface area contributed by atoms with Crippen LogP contribution < -0.4 is 10.9 Å². The average Bonchev–Trinajstić information content (AvgIpc) is 2.79. The summed E-state index contributed by atoms with van der Waals surface area (Å²) >= 11 is 0. The zero-order valence-electron chi connectivity index (χ0n) is 14.7. The van der Waals surface area contributed by atoms with Gasteiger partial charge in [-0.15, -0.1) is 0 Å². The molecular weight excluding hydrogens is 310 g/mol. The van der Waals surface area contributed by atoms with Gasteiger partial charge in [0, 0.05) is 24.5 Å². The Labute approximate surface area is 140 Å². The van der Waals surface area contributed by atoms with E-state index in [9.17, 15) is 9.59 Å². The second-order valence-corrected chi connectivity index (χ2v) is 5.60. The minimum absolute atomic E-state index is 0.237. The first kappa shape index (κ1) is 17.7. The molecule has 0 atom stereocenters. The molecular formula is C16H23N5O3. The van der Waals surface area contributed by atoms with E-state index in [2.05, 4.69) is 25.7 Å². The molecule has 0 spiro atoms. The highest BCUT2D eigenvalue weighted by Crippen LogP contribution is 2.25. The normalized spacial score (nSPS) is 10.7. The maximum atomic E-state index is 11.9. The molecule has 8 heteroatoms. The number of fused-ring (bicyclic) bond motifs is 1. The molecule has 0 aliphatic carbocycles. The van der Waals surface area contributed by atoms with Gasteiger partial charge in [-0.25, -0.2) is 15.2 Å². The van der Waals surface area contributed by atoms with Crippen LogP contribution in [-0.2, 0) is 23.0 Å². The number of ether oxygens (including phenoxy) is 1. The molecule has 0 fully saturated rings. The van der Waals surface area contributed by atoms with E-state index in [0.29, 0.717) is 6.42 Å². The number of hydrogen-bond donors (Lipinski definition) is 2. The van der Waals surface area contributed by atoms with Crippen LogP contribution in [0.2, 0.25) is 0 Å². The molecule has 0 radical (unpaired) electrons. The van der Waals surface area contributed by atoms with Gasteiger partial charge >= 0.3 is 6.09 Å². The molecule has 0 bridgehead atoms. The second-order valence-electron chi connectivity index (χ2n) is 5.60. The number of nitrogens with one attached hydrogen (secondary N) is 2. The number of aryl methyl sites for hydroxylation is 4. The van der Waals surface area contributed by atoms with Gasteiger partial charge in [0.25, 0.3) is 0 Å². The number of hydrogen-bond acceptors (Lipinski definition) is 5. The predicted octanol–water partition coefficient (Wildman–Crippen LogP) is 1.60.